The fraction of sp³-hybridized carbons (Fsp3) is 0.318. The molecule has 2 amide bonds. The lowest BCUT2D eigenvalue weighted by molar-refractivity contribution is 0.0696. The molecule has 1 saturated carbocycles. The van der Waals surface area contributed by atoms with E-state index < -0.39 is 11.8 Å². The van der Waals surface area contributed by atoms with E-state index in [4.69, 9.17) is 6.57 Å². The number of hydrogen-bond donors (Lipinski definition) is 1. The van der Waals surface area contributed by atoms with Gasteiger partial charge >= 0.3 is 12.0 Å². The molecule has 4 rings (SSSR count). The van der Waals surface area contributed by atoms with Gasteiger partial charge in [0.05, 0.1) is 24.2 Å². The maximum Gasteiger partial charge on any atom is 0.335 e. The van der Waals surface area contributed by atoms with Crippen LogP contribution in [-0.2, 0) is 0 Å². The van der Waals surface area contributed by atoms with Crippen LogP contribution in [0.1, 0.15) is 41.6 Å². The minimum atomic E-state index is -1.01. The Labute approximate surface area is 168 Å². The Kier molecular flexibility index (Phi) is 4.71. The highest BCUT2D eigenvalue weighted by atomic mass is 19.1. The molecule has 1 aliphatic heterocycles. The minimum Gasteiger partial charge on any atom is -0.478 e. The fourth-order valence-corrected chi connectivity index (χ4v) is 4.47. The van der Waals surface area contributed by atoms with E-state index in [0.717, 1.165) is 25.7 Å². The molecule has 1 saturated heterocycles. The molecular formula is C22H20FN3O3. The predicted molar refractivity (Wildman–Crippen MR) is 107 cm³/mol. The summed E-state index contributed by atoms with van der Waals surface area (Å²) in [5, 5.41) is 9.28. The quantitative estimate of drug-likeness (QED) is 0.734. The summed E-state index contributed by atoms with van der Waals surface area (Å²) in [6, 6.07) is 8.76. The van der Waals surface area contributed by atoms with E-state index in [2.05, 4.69) is 4.85 Å². The van der Waals surface area contributed by atoms with E-state index in [0.29, 0.717) is 16.9 Å². The Balaban J connectivity index is 1.76. The highest BCUT2D eigenvalue weighted by molar-refractivity contribution is 6.08. The van der Waals surface area contributed by atoms with Gasteiger partial charge in [-0.05, 0) is 55.7 Å². The smallest absolute Gasteiger partial charge is 0.335 e. The van der Waals surface area contributed by atoms with Crippen molar-refractivity contribution in [3.8, 4) is 0 Å². The number of nitrogens with zero attached hydrogens (tertiary/aromatic N) is 3. The average Bonchev–Trinajstić information content (AvgIpc) is 2.99. The number of urea groups is 1. The largest absolute Gasteiger partial charge is 0.478 e. The first-order valence-electron chi connectivity index (χ1n) is 9.55. The summed E-state index contributed by atoms with van der Waals surface area (Å²) in [6.45, 7) is 8.73. The van der Waals surface area contributed by atoms with Crippen molar-refractivity contribution in [2.24, 2.45) is 0 Å². The Morgan fingerprint density at radius 2 is 1.69 bits per heavy atom. The summed E-state index contributed by atoms with van der Waals surface area (Å²) >= 11 is 0. The number of anilines is 2. The van der Waals surface area contributed by atoms with Crippen molar-refractivity contribution in [3.63, 3.8) is 0 Å². The molecule has 0 aromatic heterocycles. The van der Waals surface area contributed by atoms with Crippen LogP contribution < -0.4 is 9.80 Å². The Bertz CT molecular complexity index is 1050. The lowest BCUT2D eigenvalue weighted by atomic mass is 9.89. The maximum absolute atomic E-state index is 14.2. The van der Waals surface area contributed by atoms with Crippen LogP contribution in [0.15, 0.2) is 36.4 Å². The van der Waals surface area contributed by atoms with Gasteiger partial charge in [-0.1, -0.05) is 18.9 Å². The van der Waals surface area contributed by atoms with E-state index in [-0.39, 0.29) is 29.4 Å². The van der Waals surface area contributed by atoms with Gasteiger partial charge in [-0.25, -0.2) is 18.8 Å². The number of carbonyl (C=O) groups excluding carboxylic acids is 1. The van der Waals surface area contributed by atoms with E-state index in [1.165, 1.54) is 18.2 Å². The third-order valence-electron chi connectivity index (χ3n) is 5.82. The van der Waals surface area contributed by atoms with Crippen molar-refractivity contribution < 1.29 is 19.1 Å². The number of aromatic carboxylic acids is 1. The number of carboxylic acid groups (broad SMARTS) is 1. The normalized spacial score (nSPS) is 21.1. The molecule has 0 bridgehead atoms. The van der Waals surface area contributed by atoms with Crippen molar-refractivity contribution in [2.75, 3.05) is 9.80 Å². The first-order chi connectivity index (χ1) is 13.9. The van der Waals surface area contributed by atoms with Crippen LogP contribution in [0.2, 0.25) is 0 Å². The first-order valence-corrected chi connectivity index (χ1v) is 9.55. The fourth-order valence-electron chi connectivity index (χ4n) is 4.47. The topological polar surface area (TPSA) is 65.2 Å². The summed E-state index contributed by atoms with van der Waals surface area (Å²) in [6.07, 6.45) is 3.62. The summed E-state index contributed by atoms with van der Waals surface area (Å²) in [7, 11) is 0. The number of carbonyl (C=O) groups is 2. The van der Waals surface area contributed by atoms with E-state index >= 15 is 0 Å². The molecule has 1 heterocycles. The van der Waals surface area contributed by atoms with Gasteiger partial charge in [0.2, 0.25) is 5.69 Å². The monoisotopic (exact) mass is 393 g/mol. The van der Waals surface area contributed by atoms with Crippen molar-refractivity contribution in [1.29, 1.82) is 0 Å². The molecule has 2 atom stereocenters. The highest BCUT2D eigenvalue weighted by Gasteiger charge is 2.48. The van der Waals surface area contributed by atoms with E-state index in [9.17, 15) is 19.1 Å². The van der Waals surface area contributed by atoms with Gasteiger partial charge in [0.15, 0.2) is 0 Å². The Hall–Kier alpha value is -3.40. The van der Waals surface area contributed by atoms with Crippen LogP contribution in [0, 0.1) is 19.3 Å². The standard InChI is InChI=1S/C22H20FN3O3/c1-13-11-14(7-9-16(13)21(27)28)25-19-5-3-4-6-20(19)26(22(25)29)15-8-10-18(24-2)17(23)12-15/h7-12,19-20H,3-6H2,1H3,(H,27,28)/t19-,20-/m1/s1. The molecule has 1 aliphatic carbocycles. The molecule has 0 unspecified atom stereocenters. The molecule has 2 aromatic rings. The zero-order chi connectivity index (χ0) is 20.7. The Morgan fingerprint density at radius 1 is 1.10 bits per heavy atom. The molecule has 29 heavy (non-hydrogen) atoms. The zero-order valence-corrected chi connectivity index (χ0v) is 15.9. The molecule has 7 heteroatoms. The van der Waals surface area contributed by atoms with Gasteiger partial charge in [0.25, 0.3) is 0 Å². The van der Waals surface area contributed by atoms with Gasteiger partial charge in [-0.2, -0.15) is 0 Å². The molecule has 2 fully saturated rings. The number of fused-ring (bicyclic) bond motifs is 1. The maximum atomic E-state index is 14.2. The minimum absolute atomic E-state index is 0.0603. The van der Waals surface area contributed by atoms with Crippen molar-refractivity contribution in [2.45, 2.75) is 44.7 Å². The van der Waals surface area contributed by atoms with Crippen LogP contribution in [0.3, 0.4) is 0 Å². The van der Waals surface area contributed by atoms with Gasteiger partial charge < -0.3 is 5.11 Å². The van der Waals surface area contributed by atoms with Gasteiger partial charge in [0.1, 0.15) is 5.82 Å². The second-order valence-corrected chi connectivity index (χ2v) is 7.49. The molecule has 1 N–H and O–H groups in total. The zero-order valence-electron chi connectivity index (χ0n) is 15.9. The number of amides is 2. The molecule has 0 spiro atoms. The van der Waals surface area contributed by atoms with Gasteiger partial charge in [-0.3, -0.25) is 9.80 Å². The highest BCUT2D eigenvalue weighted by Crippen LogP contribution is 2.41. The summed E-state index contributed by atoms with van der Waals surface area (Å²) < 4.78 is 14.2. The van der Waals surface area contributed by atoms with Crippen LogP contribution in [-0.4, -0.2) is 29.2 Å². The Morgan fingerprint density at radius 3 is 2.21 bits per heavy atom. The average molecular weight is 393 g/mol. The van der Waals surface area contributed by atoms with Crippen LogP contribution >= 0.6 is 0 Å². The van der Waals surface area contributed by atoms with Crippen molar-refractivity contribution >= 4 is 29.1 Å². The van der Waals surface area contributed by atoms with E-state index in [1.807, 2.05) is 0 Å². The van der Waals surface area contributed by atoms with Crippen LogP contribution in [0.5, 0.6) is 0 Å². The third kappa shape index (κ3) is 3.11. The molecular weight excluding hydrogens is 373 g/mol. The molecule has 148 valence electrons. The van der Waals surface area contributed by atoms with Crippen molar-refractivity contribution in [1.82, 2.24) is 0 Å². The number of benzene rings is 2. The predicted octanol–water partition coefficient (Wildman–Crippen LogP) is 5.14. The van der Waals surface area contributed by atoms with Crippen LogP contribution in [0.25, 0.3) is 4.85 Å². The molecule has 0 radical (unpaired) electrons. The number of carboxylic acids is 1. The van der Waals surface area contributed by atoms with Crippen LogP contribution in [0.4, 0.5) is 26.2 Å². The van der Waals surface area contributed by atoms with E-state index in [1.54, 1.807) is 34.9 Å². The number of rotatable bonds is 3. The van der Waals surface area contributed by atoms with Gasteiger partial charge in [-0.15, -0.1) is 0 Å². The summed E-state index contributed by atoms with van der Waals surface area (Å²) in [5.41, 5.74) is 1.81. The number of hydrogen-bond acceptors (Lipinski definition) is 2. The molecule has 6 nitrogen and oxygen atoms in total. The summed E-state index contributed by atoms with van der Waals surface area (Å²) in [4.78, 5) is 31.2. The lowest BCUT2D eigenvalue weighted by Gasteiger charge is -2.32. The van der Waals surface area contributed by atoms with Gasteiger partial charge in [0, 0.05) is 11.4 Å². The molecule has 2 aliphatic rings. The first kappa shape index (κ1) is 18.9. The lowest BCUT2D eigenvalue weighted by Crippen LogP contribution is -2.40. The third-order valence-corrected chi connectivity index (χ3v) is 5.82. The number of aryl methyl sites for hydroxylation is 1. The van der Waals surface area contributed by atoms with Crippen molar-refractivity contribution in [3.05, 3.63) is 64.8 Å². The SMILES string of the molecule is [C-]#[N+]c1ccc(N2C(=O)N(c3ccc(C(=O)O)c(C)c3)[C@@H]3CCCC[C@H]32)cc1F. The summed E-state index contributed by atoms with van der Waals surface area (Å²) in [5.74, 6) is -1.65. The second kappa shape index (κ2) is 7.21. The molecule has 2 aromatic carbocycles. The second-order valence-electron chi connectivity index (χ2n) is 7.49. The number of halogens is 1.